The zero-order chi connectivity index (χ0) is 13.4. The Morgan fingerprint density at radius 1 is 1.17 bits per heavy atom. The second-order valence-electron chi connectivity index (χ2n) is 5.96. The molecule has 2 nitrogen and oxygen atoms in total. The molecule has 1 aromatic rings. The van der Waals surface area contributed by atoms with Crippen LogP contribution in [-0.4, -0.2) is 13.2 Å². The summed E-state index contributed by atoms with van der Waals surface area (Å²) in [5.41, 5.74) is 2.94. The van der Waals surface area contributed by atoms with Gasteiger partial charge in [0, 0.05) is 13.2 Å². The van der Waals surface area contributed by atoms with E-state index in [9.17, 15) is 0 Å². The Labute approximate surface area is 112 Å². The average Bonchev–Trinajstić information content (AvgIpc) is 2.31. The maximum atomic E-state index is 5.73. The molecular formula is C16H27NO. The highest BCUT2D eigenvalue weighted by Crippen LogP contribution is 2.18. The van der Waals surface area contributed by atoms with Gasteiger partial charge in [0.05, 0.1) is 6.61 Å². The average molecular weight is 249 g/mol. The molecule has 0 amide bonds. The minimum absolute atomic E-state index is 0.354. The highest BCUT2D eigenvalue weighted by atomic mass is 16.5. The molecule has 0 saturated carbocycles. The summed E-state index contributed by atoms with van der Waals surface area (Å²) in [6, 6.07) is 8.61. The fourth-order valence-corrected chi connectivity index (χ4v) is 1.67. The van der Waals surface area contributed by atoms with Crippen molar-refractivity contribution in [3.05, 3.63) is 35.4 Å². The van der Waals surface area contributed by atoms with Crippen molar-refractivity contribution in [3.8, 4) is 0 Å². The van der Waals surface area contributed by atoms with Crippen molar-refractivity contribution in [2.75, 3.05) is 13.2 Å². The van der Waals surface area contributed by atoms with Crippen molar-refractivity contribution in [2.45, 2.75) is 47.3 Å². The minimum atomic E-state index is 0.354. The summed E-state index contributed by atoms with van der Waals surface area (Å²) in [4.78, 5) is 0. The standard InChI is InChI=1S/C16H27NO/c1-5-17-12-14-7-6-8-15(11-14)13-18-10-9-16(2,3)4/h6-8,11,17H,5,9-10,12-13H2,1-4H3. The molecule has 2 heteroatoms. The highest BCUT2D eigenvalue weighted by Gasteiger charge is 2.09. The maximum Gasteiger partial charge on any atom is 0.0716 e. The van der Waals surface area contributed by atoms with Crippen LogP contribution in [0.1, 0.15) is 45.2 Å². The second kappa shape index (κ2) is 7.55. The highest BCUT2D eigenvalue weighted by molar-refractivity contribution is 5.22. The van der Waals surface area contributed by atoms with Crippen LogP contribution in [0.25, 0.3) is 0 Å². The van der Waals surface area contributed by atoms with Gasteiger partial charge in [0.2, 0.25) is 0 Å². The molecule has 0 unspecified atom stereocenters. The Morgan fingerprint density at radius 2 is 1.89 bits per heavy atom. The van der Waals surface area contributed by atoms with E-state index in [1.807, 2.05) is 0 Å². The molecule has 0 aromatic heterocycles. The lowest BCUT2D eigenvalue weighted by atomic mass is 9.93. The number of hydrogen-bond donors (Lipinski definition) is 1. The predicted molar refractivity (Wildman–Crippen MR) is 77.6 cm³/mol. The van der Waals surface area contributed by atoms with Gasteiger partial charge >= 0.3 is 0 Å². The normalized spacial score (nSPS) is 11.8. The van der Waals surface area contributed by atoms with Gasteiger partial charge in [-0.05, 0) is 29.5 Å². The topological polar surface area (TPSA) is 21.3 Å². The van der Waals surface area contributed by atoms with Crippen molar-refractivity contribution in [3.63, 3.8) is 0 Å². The number of ether oxygens (including phenoxy) is 1. The molecule has 0 aliphatic rings. The van der Waals surface area contributed by atoms with Crippen molar-refractivity contribution >= 4 is 0 Å². The van der Waals surface area contributed by atoms with Crippen molar-refractivity contribution < 1.29 is 4.74 Å². The molecule has 1 aromatic carbocycles. The van der Waals surface area contributed by atoms with Crippen LogP contribution in [0.2, 0.25) is 0 Å². The lowest BCUT2D eigenvalue weighted by Crippen LogP contribution is -2.12. The summed E-state index contributed by atoms with van der Waals surface area (Å²) in [7, 11) is 0. The van der Waals surface area contributed by atoms with Gasteiger partial charge in [0.1, 0.15) is 0 Å². The molecule has 0 radical (unpaired) electrons. The molecule has 0 saturated heterocycles. The zero-order valence-electron chi connectivity index (χ0n) is 12.3. The van der Waals surface area contributed by atoms with E-state index in [-0.39, 0.29) is 0 Å². The Morgan fingerprint density at radius 3 is 2.56 bits per heavy atom. The van der Waals surface area contributed by atoms with E-state index in [0.29, 0.717) is 5.41 Å². The van der Waals surface area contributed by atoms with E-state index in [4.69, 9.17) is 4.74 Å². The van der Waals surface area contributed by atoms with Crippen LogP contribution < -0.4 is 5.32 Å². The molecule has 102 valence electrons. The lowest BCUT2D eigenvalue weighted by Gasteiger charge is -2.17. The van der Waals surface area contributed by atoms with Crippen LogP contribution in [0.15, 0.2) is 24.3 Å². The van der Waals surface area contributed by atoms with Crippen LogP contribution in [0.5, 0.6) is 0 Å². The molecule has 18 heavy (non-hydrogen) atoms. The molecule has 0 aliphatic carbocycles. The predicted octanol–water partition coefficient (Wildman–Crippen LogP) is 3.75. The molecular weight excluding hydrogens is 222 g/mol. The Hall–Kier alpha value is -0.860. The fourth-order valence-electron chi connectivity index (χ4n) is 1.67. The van der Waals surface area contributed by atoms with Gasteiger partial charge in [-0.3, -0.25) is 0 Å². The smallest absolute Gasteiger partial charge is 0.0716 e. The summed E-state index contributed by atoms with van der Waals surface area (Å²) in [5, 5.41) is 3.34. The molecule has 0 atom stereocenters. The van der Waals surface area contributed by atoms with E-state index < -0.39 is 0 Å². The molecule has 0 aliphatic heterocycles. The molecule has 0 heterocycles. The molecule has 1 N–H and O–H groups in total. The fraction of sp³-hybridized carbons (Fsp3) is 0.625. The van der Waals surface area contributed by atoms with Gasteiger partial charge in [-0.1, -0.05) is 52.0 Å². The van der Waals surface area contributed by atoms with E-state index in [2.05, 4.69) is 57.3 Å². The monoisotopic (exact) mass is 249 g/mol. The third kappa shape index (κ3) is 6.77. The van der Waals surface area contributed by atoms with Crippen LogP contribution in [-0.2, 0) is 17.9 Å². The number of hydrogen-bond acceptors (Lipinski definition) is 2. The van der Waals surface area contributed by atoms with Gasteiger partial charge in [-0.15, -0.1) is 0 Å². The first-order valence-corrected chi connectivity index (χ1v) is 6.87. The summed E-state index contributed by atoms with van der Waals surface area (Å²) in [6.45, 7) is 12.4. The largest absolute Gasteiger partial charge is 0.377 e. The summed E-state index contributed by atoms with van der Waals surface area (Å²) >= 11 is 0. The maximum absolute atomic E-state index is 5.73. The summed E-state index contributed by atoms with van der Waals surface area (Å²) < 4.78 is 5.73. The van der Waals surface area contributed by atoms with Crippen LogP contribution in [0.3, 0.4) is 0 Å². The Bertz CT molecular complexity index is 341. The van der Waals surface area contributed by atoms with Gasteiger partial charge in [-0.2, -0.15) is 0 Å². The first kappa shape index (κ1) is 15.2. The number of benzene rings is 1. The molecule has 1 rings (SSSR count). The van der Waals surface area contributed by atoms with Crippen molar-refractivity contribution in [1.29, 1.82) is 0 Å². The minimum Gasteiger partial charge on any atom is -0.377 e. The first-order chi connectivity index (χ1) is 8.51. The van der Waals surface area contributed by atoms with E-state index in [1.54, 1.807) is 0 Å². The van der Waals surface area contributed by atoms with Gasteiger partial charge < -0.3 is 10.1 Å². The van der Waals surface area contributed by atoms with E-state index >= 15 is 0 Å². The molecule has 0 bridgehead atoms. The second-order valence-corrected chi connectivity index (χ2v) is 5.96. The lowest BCUT2D eigenvalue weighted by molar-refractivity contribution is 0.0962. The van der Waals surface area contributed by atoms with Gasteiger partial charge in [0.25, 0.3) is 0 Å². The first-order valence-electron chi connectivity index (χ1n) is 6.87. The number of rotatable bonds is 7. The van der Waals surface area contributed by atoms with Gasteiger partial charge in [-0.25, -0.2) is 0 Å². The van der Waals surface area contributed by atoms with Crippen molar-refractivity contribution in [2.24, 2.45) is 5.41 Å². The third-order valence-electron chi connectivity index (χ3n) is 2.84. The number of nitrogens with one attached hydrogen (secondary N) is 1. The Kier molecular flexibility index (Phi) is 6.37. The van der Waals surface area contributed by atoms with Crippen molar-refractivity contribution in [1.82, 2.24) is 5.32 Å². The third-order valence-corrected chi connectivity index (χ3v) is 2.84. The van der Waals surface area contributed by atoms with E-state index in [1.165, 1.54) is 11.1 Å². The quantitative estimate of drug-likeness (QED) is 0.743. The van der Waals surface area contributed by atoms with Gasteiger partial charge in [0.15, 0.2) is 0 Å². The SMILES string of the molecule is CCNCc1cccc(COCCC(C)(C)C)c1. The van der Waals surface area contributed by atoms with Crippen LogP contribution >= 0.6 is 0 Å². The zero-order valence-corrected chi connectivity index (χ0v) is 12.3. The summed E-state index contributed by atoms with van der Waals surface area (Å²) in [6.07, 6.45) is 1.10. The van der Waals surface area contributed by atoms with E-state index in [0.717, 1.165) is 32.7 Å². The molecule has 0 fully saturated rings. The van der Waals surface area contributed by atoms with Crippen LogP contribution in [0, 0.1) is 5.41 Å². The summed E-state index contributed by atoms with van der Waals surface area (Å²) in [5.74, 6) is 0. The Balaban J connectivity index is 2.33. The van der Waals surface area contributed by atoms with Crippen LogP contribution in [0.4, 0.5) is 0 Å². The molecule has 0 spiro atoms.